The quantitative estimate of drug-likeness (QED) is 0.919. The second-order valence-electron chi connectivity index (χ2n) is 6.32. The zero-order chi connectivity index (χ0) is 16.9. The number of aliphatic hydroxyl groups excluding tert-OH is 1. The number of carbonyl (C=O) groups excluding carboxylic acids is 1. The maximum Gasteiger partial charge on any atom is 0.227 e. The standard InChI is InChI=1S/C20H23NO3/c1-15-5-2-3-7-17(15)14-24-19-8-4-6-16(11-19)12-20(23)21-10-9-18(22)13-21/h2-8,11,18,22H,9-10,12-14H2,1H3/t18-/m0/s1. The van der Waals surface area contributed by atoms with Gasteiger partial charge in [-0.15, -0.1) is 0 Å². The first-order valence-corrected chi connectivity index (χ1v) is 8.34. The molecule has 1 heterocycles. The minimum Gasteiger partial charge on any atom is -0.489 e. The van der Waals surface area contributed by atoms with Crippen LogP contribution < -0.4 is 4.74 Å². The molecular weight excluding hydrogens is 302 g/mol. The van der Waals surface area contributed by atoms with Crippen LogP contribution in [0, 0.1) is 6.92 Å². The lowest BCUT2D eigenvalue weighted by Crippen LogP contribution is -2.30. The number of rotatable bonds is 5. The molecule has 24 heavy (non-hydrogen) atoms. The number of ether oxygens (including phenoxy) is 1. The number of amides is 1. The maximum absolute atomic E-state index is 12.3. The van der Waals surface area contributed by atoms with Crippen LogP contribution in [0.2, 0.25) is 0 Å². The smallest absolute Gasteiger partial charge is 0.227 e. The molecule has 1 aliphatic heterocycles. The van der Waals surface area contributed by atoms with Gasteiger partial charge in [-0.25, -0.2) is 0 Å². The fraction of sp³-hybridized carbons (Fsp3) is 0.350. The molecular formula is C20H23NO3. The van der Waals surface area contributed by atoms with Crippen LogP contribution in [0.15, 0.2) is 48.5 Å². The number of aryl methyl sites for hydroxylation is 1. The van der Waals surface area contributed by atoms with Gasteiger partial charge in [-0.05, 0) is 42.2 Å². The van der Waals surface area contributed by atoms with E-state index < -0.39 is 0 Å². The summed E-state index contributed by atoms with van der Waals surface area (Å²) in [4.78, 5) is 14.0. The monoisotopic (exact) mass is 325 g/mol. The molecule has 2 aromatic rings. The Morgan fingerprint density at radius 2 is 2.08 bits per heavy atom. The average Bonchev–Trinajstić information content (AvgIpc) is 3.01. The van der Waals surface area contributed by atoms with Crippen molar-refractivity contribution >= 4 is 5.91 Å². The molecule has 1 saturated heterocycles. The lowest BCUT2D eigenvalue weighted by atomic mass is 10.1. The summed E-state index contributed by atoms with van der Waals surface area (Å²) in [6, 6.07) is 15.8. The van der Waals surface area contributed by atoms with E-state index in [0.717, 1.165) is 16.9 Å². The average molecular weight is 325 g/mol. The van der Waals surface area contributed by atoms with Gasteiger partial charge in [-0.2, -0.15) is 0 Å². The number of hydrogen-bond acceptors (Lipinski definition) is 3. The van der Waals surface area contributed by atoms with Gasteiger partial charge in [-0.1, -0.05) is 36.4 Å². The van der Waals surface area contributed by atoms with Crippen molar-refractivity contribution < 1.29 is 14.6 Å². The third-order valence-corrected chi connectivity index (χ3v) is 4.43. The first kappa shape index (κ1) is 16.5. The van der Waals surface area contributed by atoms with Crippen molar-refractivity contribution in [1.29, 1.82) is 0 Å². The van der Waals surface area contributed by atoms with Crippen LogP contribution in [-0.2, 0) is 17.8 Å². The molecule has 0 unspecified atom stereocenters. The first-order chi connectivity index (χ1) is 11.6. The molecule has 0 saturated carbocycles. The number of hydrogen-bond donors (Lipinski definition) is 1. The van der Waals surface area contributed by atoms with Crippen LogP contribution in [0.1, 0.15) is 23.1 Å². The van der Waals surface area contributed by atoms with Crippen molar-refractivity contribution in [3.8, 4) is 5.75 Å². The molecule has 0 radical (unpaired) electrons. The molecule has 3 rings (SSSR count). The molecule has 4 heteroatoms. The van der Waals surface area contributed by atoms with Crippen LogP contribution in [0.4, 0.5) is 0 Å². The lowest BCUT2D eigenvalue weighted by Gasteiger charge is -2.16. The largest absolute Gasteiger partial charge is 0.489 e. The molecule has 0 bridgehead atoms. The minimum atomic E-state index is -0.377. The summed E-state index contributed by atoms with van der Waals surface area (Å²) in [5, 5.41) is 9.55. The van der Waals surface area contributed by atoms with Gasteiger partial charge in [0.1, 0.15) is 12.4 Å². The summed E-state index contributed by atoms with van der Waals surface area (Å²) in [6.07, 6.45) is 0.636. The Balaban J connectivity index is 1.60. The number of nitrogens with zero attached hydrogens (tertiary/aromatic N) is 1. The summed E-state index contributed by atoms with van der Waals surface area (Å²) in [5.74, 6) is 0.826. The molecule has 1 N–H and O–H groups in total. The van der Waals surface area contributed by atoms with Gasteiger partial charge in [-0.3, -0.25) is 4.79 Å². The normalized spacial score (nSPS) is 17.1. The van der Waals surface area contributed by atoms with Crippen molar-refractivity contribution in [2.75, 3.05) is 13.1 Å². The van der Waals surface area contributed by atoms with Crippen molar-refractivity contribution in [1.82, 2.24) is 4.90 Å². The molecule has 1 fully saturated rings. The summed E-state index contributed by atoms with van der Waals surface area (Å²) >= 11 is 0. The van der Waals surface area contributed by atoms with Crippen LogP contribution in [-0.4, -0.2) is 35.1 Å². The number of benzene rings is 2. The van der Waals surface area contributed by atoms with Gasteiger partial charge in [0.25, 0.3) is 0 Å². The van der Waals surface area contributed by atoms with Crippen LogP contribution in [0.5, 0.6) is 5.75 Å². The molecule has 4 nitrogen and oxygen atoms in total. The molecule has 1 aliphatic rings. The first-order valence-electron chi connectivity index (χ1n) is 8.34. The highest BCUT2D eigenvalue weighted by atomic mass is 16.5. The predicted molar refractivity (Wildman–Crippen MR) is 92.9 cm³/mol. The van der Waals surface area contributed by atoms with E-state index in [0.29, 0.717) is 32.5 Å². The molecule has 1 atom stereocenters. The Bertz CT molecular complexity index is 714. The fourth-order valence-corrected chi connectivity index (χ4v) is 2.93. The third kappa shape index (κ3) is 4.15. The van der Waals surface area contributed by atoms with Gasteiger partial charge >= 0.3 is 0 Å². The van der Waals surface area contributed by atoms with E-state index in [9.17, 15) is 9.90 Å². The molecule has 0 aliphatic carbocycles. The number of carbonyl (C=O) groups is 1. The zero-order valence-electron chi connectivity index (χ0n) is 13.9. The van der Waals surface area contributed by atoms with Gasteiger partial charge in [0.15, 0.2) is 0 Å². The molecule has 2 aromatic carbocycles. The molecule has 0 aromatic heterocycles. The van der Waals surface area contributed by atoms with Crippen molar-refractivity contribution in [3.05, 3.63) is 65.2 Å². The van der Waals surface area contributed by atoms with Crippen molar-refractivity contribution in [2.24, 2.45) is 0 Å². The van der Waals surface area contributed by atoms with E-state index in [1.807, 2.05) is 36.4 Å². The summed E-state index contributed by atoms with van der Waals surface area (Å²) in [7, 11) is 0. The Hall–Kier alpha value is -2.33. The van der Waals surface area contributed by atoms with E-state index in [1.54, 1.807) is 4.90 Å². The van der Waals surface area contributed by atoms with E-state index in [2.05, 4.69) is 19.1 Å². The summed E-state index contributed by atoms with van der Waals surface area (Å²) in [5.41, 5.74) is 3.30. The van der Waals surface area contributed by atoms with Gasteiger partial charge < -0.3 is 14.7 Å². The number of aliphatic hydroxyl groups is 1. The van der Waals surface area contributed by atoms with Crippen LogP contribution >= 0.6 is 0 Å². The Kier molecular flexibility index (Phi) is 5.16. The number of β-amino-alcohol motifs (C(OH)–C–C–N with tert-alkyl or cyclic N) is 1. The molecule has 0 spiro atoms. The lowest BCUT2D eigenvalue weighted by molar-refractivity contribution is -0.129. The van der Waals surface area contributed by atoms with Crippen LogP contribution in [0.3, 0.4) is 0 Å². The highest BCUT2D eigenvalue weighted by Crippen LogP contribution is 2.18. The van der Waals surface area contributed by atoms with Gasteiger partial charge in [0, 0.05) is 13.1 Å². The van der Waals surface area contributed by atoms with Gasteiger partial charge in [0.05, 0.1) is 12.5 Å². The fourth-order valence-electron chi connectivity index (χ4n) is 2.93. The predicted octanol–water partition coefficient (Wildman–Crippen LogP) is 2.71. The van der Waals surface area contributed by atoms with E-state index >= 15 is 0 Å². The van der Waals surface area contributed by atoms with Gasteiger partial charge in [0.2, 0.25) is 5.91 Å². The topological polar surface area (TPSA) is 49.8 Å². The summed E-state index contributed by atoms with van der Waals surface area (Å²) < 4.78 is 5.87. The van der Waals surface area contributed by atoms with Crippen LogP contribution in [0.25, 0.3) is 0 Å². The van der Waals surface area contributed by atoms with Crippen molar-refractivity contribution in [2.45, 2.75) is 32.5 Å². The molecule has 1 amide bonds. The minimum absolute atomic E-state index is 0.0580. The zero-order valence-corrected chi connectivity index (χ0v) is 13.9. The van der Waals surface area contributed by atoms with Crippen molar-refractivity contribution in [3.63, 3.8) is 0 Å². The molecule has 126 valence electrons. The second-order valence-corrected chi connectivity index (χ2v) is 6.32. The highest BCUT2D eigenvalue weighted by molar-refractivity contribution is 5.79. The van der Waals surface area contributed by atoms with E-state index in [1.165, 1.54) is 5.56 Å². The van der Waals surface area contributed by atoms with E-state index in [4.69, 9.17) is 4.74 Å². The second kappa shape index (κ2) is 7.49. The highest BCUT2D eigenvalue weighted by Gasteiger charge is 2.24. The Labute approximate surface area is 142 Å². The Morgan fingerprint density at radius 3 is 2.83 bits per heavy atom. The Morgan fingerprint density at radius 1 is 1.25 bits per heavy atom. The maximum atomic E-state index is 12.3. The summed E-state index contributed by atoms with van der Waals surface area (Å²) in [6.45, 7) is 3.67. The third-order valence-electron chi connectivity index (χ3n) is 4.43. The SMILES string of the molecule is Cc1ccccc1COc1cccc(CC(=O)N2CC[C@H](O)C2)c1. The van der Waals surface area contributed by atoms with E-state index in [-0.39, 0.29) is 12.0 Å². The number of likely N-dealkylation sites (tertiary alicyclic amines) is 1.